The van der Waals surface area contributed by atoms with Gasteiger partial charge in [-0.2, -0.15) is 0 Å². The molecule has 0 bridgehead atoms. The fourth-order valence-electron chi connectivity index (χ4n) is 7.15. The highest BCUT2D eigenvalue weighted by molar-refractivity contribution is 5.97. The van der Waals surface area contributed by atoms with Crippen LogP contribution in [0.4, 0.5) is 0 Å². The molecule has 0 spiro atoms. The lowest BCUT2D eigenvalue weighted by Crippen LogP contribution is -2.60. The maximum absolute atomic E-state index is 14.0. The van der Waals surface area contributed by atoms with E-state index in [0.717, 1.165) is 0 Å². The maximum Gasteiger partial charge on any atom is 0.326 e. The van der Waals surface area contributed by atoms with Gasteiger partial charge in [-0.15, -0.1) is 0 Å². The Hall–Kier alpha value is -5.42. The van der Waals surface area contributed by atoms with Crippen LogP contribution in [0.1, 0.15) is 140 Å². The molecule has 0 saturated heterocycles. The lowest BCUT2D eigenvalue weighted by atomic mass is 9.96. The Labute approximate surface area is 420 Å². The van der Waals surface area contributed by atoms with Gasteiger partial charge in [0.05, 0.1) is 19.1 Å². The molecule has 0 rings (SSSR count). The zero-order valence-corrected chi connectivity index (χ0v) is 44.2. The number of hydrogen-bond donors (Lipinski definition) is 13. The number of unbranched alkanes of at least 4 members (excludes halogenated alkanes) is 2. The summed E-state index contributed by atoms with van der Waals surface area (Å²) in [6.45, 7) is 18.9. The van der Waals surface area contributed by atoms with Crippen molar-refractivity contribution in [2.24, 2.45) is 46.8 Å². The molecule has 0 aromatic rings. The highest BCUT2D eigenvalue weighted by Gasteiger charge is 2.35. The summed E-state index contributed by atoms with van der Waals surface area (Å²) in [6.07, 6.45) is 3.73. The van der Waals surface area contributed by atoms with E-state index < -0.39 is 132 Å². The molecule has 0 radical (unpaired) electrons. The Morgan fingerprint density at radius 1 is 0.451 bits per heavy atom. The third-order valence-electron chi connectivity index (χ3n) is 12.1. The summed E-state index contributed by atoms with van der Waals surface area (Å²) >= 11 is 0. The Morgan fingerprint density at radius 2 is 0.887 bits per heavy atom. The second-order valence-corrected chi connectivity index (χ2v) is 19.7. The average Bonchev–Trinajstić information content (AvgIpc) is 3.30. The molecule has 23 nitrogen and oxygen atoms in total. The van der Waals surface area contributed by atoms with Gasteiger partial charge in [0, 0.05) is 0 Å². The van der Waals surface area contributed by atoms with Gasteiger partial charge >= 0.3 is 5.97 Å². The molecule has 71 heavy (non-hydrogen) atoms. The number of amides is 9. The summed E-state index contributed by atoms with van der Waals surface area (Å²) in [7, 11) is 0. The molecule has 9 amide bonds. The summed E-state index contributed by atoms with van der Waals surface area (Å²) in [5.41, 5.74) is 17.4. The van der Waals surface area contributed by atoms with E-state index in [-0.39, 0.29) is 43.4 Å². The van der Waals surface area contributed by atoms with Crippen LogP contribution in [0.3, 0.4) is 0 Å². The zero-order chi connectivity index (χ0) is 54.5. The van der Waals surface area contributed by atoms with Crippen molar-refractivity contribution < 1.29 is 53.1 Å². The molecule has 0 saturated carbocycles. The first-order chi connectivity index (χ1) is 33.2. The summed E-state index contributed by atoms with van der Waals surface area (Å²) in [5.74, 6) is -8.45. The monoisotopic (exact) mass is 1010 g/mol. The third kappa shape index (κ3) is 26.0. The summed E-state index contributed by atoms with van der Waals surface area (Å²) < 4.78 is 0. The van der Waals surface area contributed by atoms with Crippen LogP contribution in [-0.4, -0.2) is 139 Å². The first kappa shape index (κ1) is 65.6. The van der Waals surface area contributed by atoms with Gasteiger partial charge < -0.3 is 70.2 Å². The number of carbonyl (C=O) groups excluding carboxylic acids is 9. The van der Waals surface area contributed by atoms with Crippen LogP contribution in [0.5, 0.6) is 0 Å². The van der Waals surface area contributed by atoms with Crippen molar-refractivity contribution in [3.05, 3.63) is 0 Å². The van der Waals surface area contributed by atoms with Crippen molar-refractivity contribution in [1.29, 1.82) is 0 Å². The van der Waals surface area contributed by atoms with Crippen LogP contribution in [0.25, 0.3) is 0 Å². The van der Waals surface area contributed by atoms with E-state index in [4.69, 9.17) is 17.2 Å². The minimum absolute atomic E-state index is 0.0186. The molecular formula is C48H90N12O11. The first-order valence-electron chi connectivity index (χ1n) is 25.3. The molecule has 16 N–H and O–H groups in total. The summed E-state index contributed by atoms with van der Waals surface area (Å²) in [4.78, 5) is 132. The highest BCUT2D eigenvalue weighted by atomic mass is 16.4. The SMILES string of the molecule is CC[C@H](C)[C@H](N)C(=O)N[C@@H](CC(C)C)C(=O)N[C@@H](C)C(=O)NCC(=O)NCC(=O)N[C@H](C(=O)N[C@H](C(=O)N[C@@H](CCCCN)C(=O)N[C@@H](CCCCN)C(=O)N[C@@H](CC(C)C)C(=O)O)C(C)C)[C@@H](C)CC. The van der Waals surface area contributed by atoms with Gasteiger partial charge in [-0.1, -0.05) is 82.1 Å². The smallest absolute Gasteiger partial charge is 0.326 e. The van der Waals surface area contributed by atoms with Crippen molar-refractivity contribution >= 4 is 59.1 Å². The van der Waals surface area contributed by atoms with Crippen LogP contribution >= 0.6 is 0 Å². The van der Waals surface area contributed by atoms with Gasteiger partial charge in [0.1, 0.15) is 42.3 Å². The number of nitrogens with two attached hydrogens (primary N) is 3. The predicted octanol–water partition coefficient (Wildman–Crippen LogP) is -0.857. The summed E-state index contributed by atoms with van der Waals surface area (Å²) in [6, 6.07) is -8.75. The number of nitrogens with one attached hydrogen (secondary N) is 9. The lowest BCUT2D eigenvalue weighted by molar-refractivity contribution is -0.143. The van der Waals surface area contributed by atoms with Crippen molar-refractivity contribution in [3.8, 4) is 0 Å². The fraction of sp³-hybridized carbons (Fsp3) is 0.792. The van der Waals surface area contributed by atoms with E-state index in [2.05, 4.69) is 47.9 Å². The largest absolute Gasteiger partial charge is 0.480 e. The van der Waals surface area contributed by atoms with Crippen LogP contribution in [0.2, 0.25) is 0 Å². The number of aliphatic carboxylic acids is 1. The Morgan fingerprint density at radius 3 is 1.35 bits per heavy atom. The van der Waals surface area contributed by atoms with Gasteiger partial charge in [0.25, 0.3) is 0 Å². The lowest BCUT2D eigenvalue weighted by Gasteiger charge is -2.29. The van der Waals surface area contributed by atoms with E-state index in [1.54, 1.807) is 27.7 Å². The van der Waals surface area contributed by atoms with Crippen LogP contribution in [0, 0.1) is 29.6 Å². The van der Waals surface area contributed by atoms with Crippen molar-refractivity contribution in [2.75, 3.05) is 26.2 Å². The van der Waals surface area contributed by atoms with E-state index in [0.29, 0.717) is 51.6 Å². The molecule has 0 unspecified atom stereocenters. The maximum atomic E-state index is 14.0. The van der Waals surface area contributed by atoms with Gasteiger partial charge in [0.2, 0.25) is 53.2 Å². The van der Waals surface area contributed by atoms with Crippen molar-refractivity contribution in [1.82, 2.24) is 47.9 Å². The number of carbonyl (C=O) groups is 10. The fourth-order valence-corrected chi connectivity index (χ4v) is 7.15. The first-order valence-corrected chi connectivity index (χ1v) is 25.3. The Balaban J connectivity index is 5.85. The molecule has 408 valence electrons. The highest BCUT2D eigenvalue weighted by Crippen LogP contribution is 2.14. The van der Waals surface area contributed by atoms with E-state index in [1.807, 2.05) is 41.5 Å². The molecule has 0 aromatic carbocycles. The molecule has 0 heterocycles. The predicted molar refractivity (Wildman–Crippen MR) is 269 cm³/mol. The van der Waals surface area contributed by atoms with E-state index in [1.165, 1.54) is 6.92 Å². The van der Waals surface area contributed by atoms with Crippen molar-refractivity contribution in [3.63, 3.8) is 0 Å². The molecule has 0 aliphatic carbocycles. The minimum Gasteiger partial charge on any atom is -0.480 e. The molecule has 0 fully saturated rings. The second-order valence-electron chi connectivity index (χ2n) is 19.7. The van der Waals surface area contributed by atoms with Crippen LogP contribution in [-0.2, 0) is 47.9 Å². The Kier molecular flexibility index (Phi) is 32.2. The second kappa shape index (κ2) is 34.8. The van der Waals surface area contributed by atoms with Crippen molar-refractivity contribution in [2.45, 2.75) is 189 Å². The Bertz CT molecular complexity index is 1730. The third-order valence-corrected chi connectivity index (χ3v) is 12.1. The molecular weight excluding hydrogens is 921 g/mol. The van der Waals surface area contributed by atoms with Gasteiger partial charge in [-0.3, -0.25) is 43.2 Å². The molecule has 23 heteroatoms. The standard InChI is InChI=1S/C48H90N12O11/c1-12-29(9)38(51)45(67)57-34(22-26(3)4)44(66)54-31(11)41(63)53-24-36(61)52-25-37(62)59-40(30(10)13-2)47(69)60-39(28(7)8)46(68)56-33(19-15-17-21-50)42(64)55-32(18-14-16-20-49)43(65)58-35(48(70)71)23-27(5)6/h26-35,38-40H,12-25,49-51H2,1-11H3,(H,52,61)(H,53,63)(H,54,66)(H,55,64)(H,56,68)(H,57,67)(H,58,65)(H,59,62)(H,60,69)(H,70,71)/t29-,30-,31-,32-,33-,34-,35-,38-,39-,40-/m0/s1. The summed E-state index contributed by atoms with van der Waals surface area (Å²) in [5, 5.41) is 33.0. The number of rotatable bonds is 36. The van der Waals surface area contributed by atoms with E-state index in [9.17, 15) is 53.1 Å². The van der Waals surface area contributed by atoms with Gasteiger partial charge in [-0.25, -0.2) is 4.79 Å². The molecule has 0 aromatic heterocycles. The zero-order valence-electron chi connectivity index (χ0n) is 44.2. The topological polar surface area (TPSA) is 377 Å². The normalized spacial score (nSPS) is 15.6. The number of hydrogen-bond acceptors (Lipinski definition) is 13. The van der Waals surface area contributed by atoms with Gasteiger partial charge in [0.15, 0.2) is 0 Å². The molecule has 10 atom stereocenters. The molecule has 0 aliphatic rings. The van der Waals surface area contributed by atoms with Crippen LogP contribution in [0.15, 0.2) is 0 Å². The molecule has 0 aliphatic heterocycles. The average molecular weight is 1010 g/mol. The quantitative estimate of drug-likeness (QED) is 0.0340. The van der Waals surface area contributed by atoms with E-state index >= 15 is 0 Å². The number of carboxylic acid groups (broad SMARTS) is 1. The minimum atomic E-state index is -1.22. The van der Waals surface area contributed by atoms with Crippen LogP contribution < -0.4 is 65.1 Å². The number of carboxylic acids is 1. The van der Waals surface area contributed by atoms with Gasteiger partial charge in [-0.05, 0) is 101 Å².